The van der Waals surface area contributed by atoms with E-state index < -0.39 is 5.41 Å². The number of nitrogens with zero attached hydrogens (tertiary/aromatic N) is 1. The first kappa shape index (κ1) is 32.3. The summed E-state index contributed by atoms with van der Waals surface area (Å²) in [4.78, 5) is 2.47. The van der Waals surface area contributed by atoms with Gasteiger partial charge in [0.2, 0.25) is 0 Å². The smallest absolute Gasteiger partial charge is 0.0726 e. The lowest BCUT2D eigenvalue weighted by molar-refractivity contribution is 0.662. The van der Waals surface area contributed by atoms with Crippen LogP contribution in [-0.4, -0.2) is 0 Å². The summed E-state index contributed by atoms with van der Waals surface area (Å²) < 4.78 is 0. The molecule has 1 nitrogen and oxygen atoms in total. The molecule has 57 heavy (non-hydrogen) atoms. The fourth-order valence-electron chi connectivity index (χ4n) is 10.9. The van der Waals surface area contributed by atoms with Gasteiger partial charge in [0.15, 0.2) is 0 Å². The van der Waals surface area contributed by atoms with Crippen molar-refractivity contribution in [2.45, 2.75) is 24.7 Å². The van der Waals surface area contributed by atoms with Crippen molar-refractivity contribution < 1.29 is 0 Å². The Hall–Kier alpha value is -6.96. The minimum atomic E-state index is -0.419. The fraction of sp³-hybridized carbons (Fsp3) is 0.0714. The van der Waals surface area contributed by atoms with E-state index in [0.29, 0.717) is 0 Å². The van der Waals surface area contributed by atoms with Crippen LogP contribution in [0.5, 0.6) is 0 Å². The van der Waals surface area contributed by atoms with E-state index in [1.807, 2.05) is 0 Å². The van der Waals surface area contributed by atoms with Gasteiger partial charge < -0.3 is 4.90 Å². The lowest BCUT2D eigenvalue weighted by atomic mass is 9.70. The predicted octanol–water partition coefficient (Wildman–Crippen LogP) is 14.6. The van der Waals surface area contributed by atoms with E-state index >= 15 is 0 Å². The predicted molar refractivity (Wildman–Crippen MR) is 238 cm³/mol. The molecule has 9 aromatic carbocycles. The minimum absolute atomic E-state index is 0.117. The summed E-state index contributed by atoms with van der Waals surface area (Å²) in [6, 6.07) is 75.0. The maximum Gasteiger partial charge on any atom is 0.0726 e. The molecule has 0 saturated heterocycles. The Morgan fingerprint density at radius 3 is 1.47 bits per heavy atom. The molecular weight excluding hydrogens is 687 g/mol. The molecule has 0 bridgehead atoms. The molecule has 268 valence electrons. The van der Waals surface area contributed by atoms with Gasteiger partial charge in [-0.2, -0.15) is 0 Å². The summed E-state index contributed by atoms with van der Waals surface area (Å²) in [7, 11) is 0. The number of rotatable bonds is 4. The zero-order valence-electron chi connectivity index (χ0n) is 32.0. The number of benzene rings is 9. The summed E-state index contributed by atoms with van der Waals surface area (Å²) >= 11 is 0. The van der Waals surface area contributed by atoms with Gasteiger partial charge in [-0.1, -0.05) is 178 Å². The van der Waals surface area contributed by atoms with Gasteiger partial charge in [-0.15, -0.1) is 0 Å². The molecule has 1 spiro atoms. The van der Waals surface area contributed by atoms with Crippen molar-refractivity contribution in [3.05, 3.63) is 234 Å². The van der Waals surface area contributed by atoms with Gasteiger partial charge >= 0.3 is 0 Å². The van der Waals surface area contributed by atoms with Gasteiger partial charge in [-0.05, 0) is 125 Å². The molecule has 0 unspecified atom stereocenters. The Balaban J connectivity index is 1.10. The maximum absolute atomic E-state index is 2.50. The Kier molecular flexibility index (Phi) is 6.67. The highest BCUT2D eigenvalue weighted by Crippen LogP contribution is 2.63. The van der Waals surface area contributed by atoms with E-state index in [-0.39, 0.29) is 5.41 Å². The van der Waals surface area contributed by atoms with Gasteiger partial charge in [-0.3, -0.25) is 0 Å². The highest BCUT2D eigenvalue weighted by Gasteiger charge is 2.51. The molecule has 0 fully saturated rings. The third-order valence-corrected chi connectivity index (χ3v) is 13.2. The quantitative estimate of drug-likeness (QED) is 0.175. The summed E-state index contributed by atoms with van der Waals surface area (Å²) in [6.07, 6.45) is 0. The van der Waals surface area contributed by atoms with Crippen molar-refractivity contribution >= 4 is 27.8 Å². The Morgan fingerprint density at radius 2 is 0.789 bits per heavy atom. The van der Waals surface area contributed by atoms with E-state index in [0.717, 1.165) is 17.1 Å². The van der Waals surface area contributed by atoms with Crippen LogP contribution in [0.3, 0.4) is 0 Å². The van der Waals surface area contributed by atoms with Crippen molar-refractivity contribution in [3.8, 4) is 44.5 Å². The van der Waals surface area contributed by atoms with Gasteiger partial charge in [0, 0.05) is 22.5 Å². The van der Waals surface area contributed by atoms with Crippen LogP contribution in [0.4, 0.5) is 17.1 Å². The van der Waals surface area contributed by atoms with E-state index in [1.165, 1.54) is 88.7 Å². The molecule has 0 radical (unpaired) electrons. The van der Waals surface area contributed by atoms with Crippen molar-refractivity contribution in [1.29, 1.82) is 0 Å². The fourth-order valence-corrected chi connectivity index (χ4v) is 10.9. The second kappa shape index (κ2) is 11.8. The molecule has 0 saturated carbocycles. The molecule has 1 heteroatoms. The van der Waals surface area contributed by atoms with Crippen molar-refractivity contribution in [2.75, 3.05) is 4.90 Å². The van der Waals surface area contributed by atoms with Crippen LogP contribution >= 0.6 is 0 Å². The van der Waals surface area contributed by atoms with Gasteiger partial charge in [0.25, 0.3) is 0 Å². The number of anilines is 3. The Labute approximate surface area is 334 Å². The molecule has 12 rings (SSSR count). The normalized spacial score (nSPS) is 14.4. The van der Waals surface area contributed by atoms with Gasteiger partial charge in [-0.25, -0.2) is 0 Å². The van der Waals surface area contributed by atoms with Crippen LogP contribution in [0.1, 0.15) is 47.2 Å². The summed E-state index contributed by atoms with van der Waals surface area (Å²) in [5.41, 5.74) is 21.5. The lowest BCUT2D eigenvalue weighted by Crippen LogP contribution is -2.26. The molecule has 3 aliphatic rings. The summed E-state index contributed by atoms with van der Waals surface area (Å²) in [6.45, 7) is 4.76. The molecule has 0 aromatic heterocycles. The summed E-state index contributed by atoms with van der Waals surface area (Å²) in [5.74, 6) is 0. The molecule has 0 N–H and O–H groups in total. The highest BCUT2D eigenvalue weighted by molar-refractivity contribution is 5.97. The maximum atomic E-state index is 2.50. The first-order chi connectivity index (χ1) is 28.0. The first-order valence-corrected chi connectivity index (χ1v) is 20.1. The minimum Gasteiger partial charge on any atom is -0.310 e. The average molecular weight is 726 g/mol. The summed E-state index contributed by atoms with van der Waals surface area (Å²) in [5, 5.41) is 2.46. The topological polar surface area (TPSA) is 3.24 Å². The van der Waals surface area contributed by atoms with Crippen LogP contribution in [0.2, 0.25) is 0 Å². The SMILES string of the molecule is CC1(C)c2ccccc2-c2cccc(-c3cccc(N(c4ccc5c(c4)C4(c6ccccc6-c6ccccc64)c4ccccc4-5)c4ccc5ccccc5c4)c3)c21. The van der Waals surface area contributed by atoms with Crippen molar-refractivity contribution in [1.82, 2.24) is 0 Å². The van der Waals surface area contributed by atoms with Gasteiger partial charge in [0.05, 0.1) is 5.41 Å². The number of hydrogen-bond acceptors (Lipinski definition) is 1. The number of hydrogen-bond donors (Lipinski definition) is 0. The molecule has 0 atom stereocenters. The van der Waals surface area contributed by atoms with Crippen LogP contribution in [-0.2, 0) is 10.8 Å². The zero-order valence-corrected chi connectivity index (χ0v) is 32.0. The first-order valence-electron chi connectivity index (χ1n) is 20.1. The van der Waals surface area contributed by atoms with Crippen molar-refractivity contribution in [3.63, 3.8) is 0 Å². The van der Waals surface area contributed by atoms with Gasteiger partial charge in [0.1, 0.15) is 0 Å². The molecule has 3 aliphatic carbocycles. The third kappa shape index (κ3) is 4.34. The van der Waals surface area contributed by atoms with Crippen molar-refractivity contribution in [2.24, 2.45) is 0 Å². The Bertz CT molecular complexity index is 3060. The Morgan fingerprint density at radius 1 is 0.316 bits per heavy atom. The largest absolute Gasteiger partial charge is 0.310 e. The standard InChI is InChI=1S/C56H39N/c1-55(2)49-25-9-5-22-46(49)48-24-14-23-42(54(48)55)38-17-13-18-39(34-38)57(40-30-29-36-15-3-4-16-37(36)33-40)41-31-32-47-45-21-8-12-28-52(45)56(53(47)35-41)50-26-10-6-19-43(50)44-20-7-11-27-51(44)56/h3-35H,1-2H3. The second-order valence-electron chi connectivity index (χ2n) is 16.4. The van der Waals surface area contributed by atoms with E-state index in [2.05, 4.69) is 219 Å². The molecule has 0 heterocycles. The number of fused-ring (bicyclic) bond motifs is 14. The third-order valence-electron chi connectivity index (χ3n) is 13.2. The average Bonchev–Trinajstić information content (AvgIpc) is 3.82. The van der Waals surface area contributed by atoms with Crippen LogP contribution < -0.4 is 4.90 Å². The van der Waals surface area contributed by atoms with Crippen LogP contribution in [0.25, 0.3) is 55.3 Å². The molecule has 0 aliphatic heterocycles. The second-order valence-corrected chi connectivity index (χ2v) is 16.4. The van der Waals surface area contributed by atoms with Crippen LogP contribution in [0, 0.1) is 0 Å². The monoisotopic (exact) mass is 725 g/mol. The molecule has 0 amide bonds. The highest BCUT2D eigenvalue weighted by atomic mass is 15.1. The molecule has 9 aromatic rings. The zero-order chi connectivity index (χ0) is 37.9. The van der Waals surface area contributed by atoms with Crippen LogP contribution in [0.15, 0.2) is 200 Å². The lowest BCUT2D eigenvalue weighted by Gasteiger charge is -2.32. The molecular formula is C56H39N. The van der Waals surface area contributed by atoms with E-state index in [9.17, 15) is 0 Å². The van der Waals surface area contributed by atoms with E-state index in [1.54, 1.807) is 0 Å². The van der Waals surface area contributed by atoms with E-state index in [4.69, 9.17) is 0 Å².